The van der Waals surface area contributed by atoms with Gasteiger partial charge in [-0.05, 0) is 37.3 Å². The van der Waals surface area contributed by atoms with Crippen molar-refractivity contribution in [2.75, 3.05) is 5.32 Å². The summed E-state index contributed by atoms with van der Waals surface area (Å²) in [7, 11) is 0. The van der Waals surface area contributed by atoms with Gasteiger partial charge in [-0.1, -0.05) is 19.1 Å². The lowest BCUT2D eigenvalue weighted by molar-refractivity contribution is 0.308. The average molecular weight is 235 g/mol. The summed E-state index contributed by atoms with van der Waals surface area (Å²) in [6, 6.07) is 2.46. The molecule has 0 amide bonds. The number of hydrogen-bond acceptors (Lipinski definition) is 3. The molecule has 1 heterocycles. The quantitative estimate of drug-likeness (QED) is 0.789. The molecule has 1 aromatic rings. The van der Waals surface area contributed by atoms with Gasteiger partial charge in [0.15, 0.2) is 0 Å². The third kappa shape index (κ3) is 2.16. The lowest BCUT2D eigenvalue weighted by Gasteiger charge is -2.34. The van der Waals surface area contributed by atoms with Crippen molar-refractivity contribution in [1.29, 1.82) is 0 Å². The van der Waals surface area contributed by atoms with Crippen LogP contribution in [0.2, 0.25) is 0 Å². The number of nitrogens with one attached hydrogen (secondary N) is 1. The van der Waals surface area contributed by atoms with Crippen molar-refractivity contribution in [3.05, 3.63) is 23.4 Å². The number of nitrogens with zero attached hydrogens (tertiary/aromatic N) is 1. The van der Waals surface area contributed by atoms with Gasteiger partial charge in [0, 0.05) is 12.2 Å². The monoisotopic (exact) mass is 235 g/mol. The van der Waals surface area contributed by atoms with Gasteiger partial charge in [-0.3, -0.25) is 0 Å². The van der Waals surface area contributed by atoms with E-state index in [4.69, 9.17) is 18.0 Å². The molecule has 3 N–H and O–H groups in total. The first-order valence-corrected chi connectivity index (χ1v) is 6.00. The molecule has 0 unspecified atom stereocenters. The lowest BCUT2D eigenvalue weighted by Crippen LogP contribution is -2.35. The van der Waals surface area contributed by atoms with Crippen molar-refractivity contribution in [1.82, 2.24) is 4.98 Å². The van der Waals surface area contributed by atoms with E-state index in [1.165, 1.54) is 12.8 Å². The van der Waals surface area contributed by atoms with E-state index in [1.54, 1.807) is 6.20 Å². The van der Waals surface area contributed by atoms with Crippen molar-refractivity contribution in [3.63, 3.8) is 0 Å². The first-order valence-electron chi connectivity index (χ1n) is 5.60. The number of thiocarbonyl (C=S) groups is 1. The molecule has 86 valence electrons. The second-order valence-corrected chi connectivity index (χ2v) is 5.07. The van der Waals surface area contributed by atoms with Crippen LogP contribution in [0.1, 0.15) is 30.9 Å². The Morgan fingerprint density at radius 2 is 2.25 bits per heavy atom. The van der Waals surface area contributed by atoms with Crippen LogP contribution in [-0.2, 0) is 0 Å². The minimum absolute atomic E-state index is 0.417. The fraction of sp³-hybridized carbons (Fsp3) is 0.500. The Balaban J connectivity index is 2.19. The summed E-state index contributed by atoms with van der Waals surface area (Å²) in [6.07, 6.45) is 4.19. The molecule has 16 heavy (non-hydrogen) atoms. The Morgan fingerprint density at radius 1 is 1.56 bits per heavy atom. The second kappa shape index (κ2) is 4.37. The summed E-state index contributed by atoms with van der Waals surface area (Å²) in [5.41, 5.74) is 7.70. The van der Waals surface area contributed by atoms with Crippen molar-refractivity contribution in [3.8, 4) is 0 Å². The zero-order chi connectivity index (χ0) is 11.7. The number of anilines is 1. The van der Waals surface area contributed by atoms with Crippen LogP contribution < -0.4 is 11.1 Å². The predicted molar refractivity (Wildman–Crippen MR) is 70.7 cm³/mol. The number of pyridine rings is 1. The van der Waals surface area contributed by atoms with Gasteiger partial charge in [-0.15, -0.1) is 0 Å². The molecule has 1 aromatic heterocycles. The Labute approximate surface area is 101 Å². The largest absolute Gasteiger partial charge is 0.389 e. The van der Waals surface area contributed by atoms with E-state index in [-0.39, 0.29) is 0 Å². The Bertz CT molecular complexity index is 411. The van der Waals surface area contributed by atoms with E-state index in [0.29, 0.717) is 11.0 Å². The molecule has 4 heteroatoms. The number of aromatic nitrogens is 1. The van der Waals surface area contributed by atoms with Gasteiger partial charge in [0.1, 0.15) is 10.8 Å². The first kappa shape index (κ1) is 11.3. The van der Waals surface area contributed by atoms with Gasteiger partial charge in [-0.25, -0.2) is 4.98 Å². The van der Waals surface area contributed by atoms with Crippen LogP contribution in [0.4, 0.5) is 5.82 Å². The van der Waals surface area contributed by atoms with Gasteiger partial charge >= 0.3 is 0 Å². The molecule has 0 aliphatic heterocycles. The summed E-state index contributed by atoms with van der Waals surface area (Å²) >= 11 is 5.07. The third-order valence-electron chi connectivity index (χ3n) is 3.12. The lowest BCUT2D eigenvalue weighted by atomic mass is 9.82. The van der Waals surface area contributed by atoms with Crippen molar-refractivity contribution in [2.24, 2.45) is 11.7 Å². The van der Waals surface area contributed by atoms with Crippen molar-refractivity contribution >= 4 is 23.0 Å². The van der Waals surface area contributed by atoms with E-state index >= 15 is 0 Å². The molecular formula is C12H17N3S. The maximum absolute atomic E-state index is 5.73. The van der Waals surface area contributed by atoms with Crippen LogP contribution in [0.5, 0.6) is 0 Å². The number of aryl methyl sites for hydroxylation is 1. The number of rotatable bonds is 3. The van der Waals surface area contributed by atoms with Crippen LogP contribution in [0.3, 0.4) is 0 Å². The number of hydrogen-bond donors (Lipinski definition) is 2. The highest BCUT2D eigenvalue weighted by Crippen LogP contribution is 2.30. The van der Waals surface area contributed by atoms with Gasteiger partial charge < -0.3 is 11.1 Å². The summed E-state index contributed by atoms with van der Waals surface area (Å²) in [5, 5.41) is 3.42. The van der Waals surface area contributed by atoms with Crippen LogP contribution in [0.15, 0.2) is 12.3 Å². The molecule has 1 fully saturated rings. The summed E-state index contributed by atoms with van der Waals surface area (Å²) in [6.45, 7) is 4.26. The van der Waals surface area contributed by atoms with Gasteiger partial charge in [0.25, 0.3) is 0 Å². The molecule has 0 aromatic carbocycles. The maximum atomic E-state index is 5.73. The fourth-order valence-corrected chi connectivity index (χ4v) is 2.45. The molecule has 0 bridgehead atoms. The topological polar surface area (TPSA) is 50.9 Å². The Hall–Kier alpha value is -1.16. The van der Waals surface area contributed by atoms with Gasteiger partial charge in [0.2, 0.25) is 0 Å². The van der Waals surface area contributed by atoms with E-state index < -0.39 is 0 Å². The predicted octanol–water partition coefficient (Wildman–Crippen LogP) is 2.23. The molecule has 1 aliphatic carbocycles. The summed E-state index contributed by atoms with van der Waals surface area (Å²) < 4.78 is 0. The molecule has 2 rings (SSSR count). The van der Waals surface area contributed by atoms with E-state index in [9.17, 15) is 0 Å². The van der Waals surface area contributed by atoms with E-state index in [2.05, 4.69) is 17.2 Å². The van der Waals surface area contributed by atoms with E-state index in [1.807, 2.05) is 13.0 Å². The molecule has 0 atom stereocenters. The zero-order valence-electron chi connectivity index (χ0n) is 9.66. The smallest absolute Gasteiger partial charge is 0.136 e. The van der Waals surface area contributed by atoms with Crippen LogP contribution >= 0.6 is 12.2 Å². The van der Waals surface area contributed by atoms with E-state index in [0.717, 1.165) is 22.9 Å². The molecule has 0 radical (unpaired) electrons. The van der Waals surface area contributed by atoms with Gasteiger partial charge in [0.05, 0.1) is 5.56 Å². The van der Waals surface area contributed by atoms with Crippen molar-refractivity contribution < 1.29 is 0 Å². The van der Waals surface area contributed by atoms with Crippen LogP contribution in [0, 0.1) is 12.8 Å². The Morgan fingerprint density at radius 3 is 2.81 bits per heavy atom. The van der Waals surface area contributed by atoms with Crippen molar-refractivity contribution in [2.45, 2.75) is 32.7 Å². The molecule has 0 saturated heterocycles. The van der Waals surface area contributed by atoms with Gasteiger partial charge in [-0.2, -0.15) is 0 Å². The first-order chi connectivity index (χ1) is 7.58. The molecule has 0 spiro atoms. The van der Waals surface area contributed by atoms with Crippen LogP contribution in [-0.4, -0.2) is 16.0 Å². The molecule has 1 saturated carbocycles. The molecular weight excluding hydrogens is 218 g/mol. The summed E-state index contributed by atoms with van der Waals surface area (Å²) in [5.74, 6) is 1.65. The number of nitrogens with two attached hydrogens (primary N) is 1. The second-order valence-electron chi connectivity index (χ2n) is 4.63. The highest BCUT2D eigenvalue weighted by atomic mass is 32.1. The highest BCUT2D eigenvalue weighted by molar-refractivity contribution is 7.80. The van der Waals surface area contributed by atoms with Crippen LogP contribution in [0.25, 0.3) is 0 Å². The highest BCUT2D eigenvalue weighted by Gasteiger charge is 2.26. The minimum Gasteiger partial charge on any atom is -0.389 e. The summed E-state index contributed by atoms with van der Waals surface area (Å²) in [4.78, 5) is 4.75. The normalized spacial score (nSPS) is 23.6. The standard InChI is InChI=1S/C12H17N3S/c1-7-5-9(6-7)15-12-10(11(13)16)8(2)3-4-14-12/h3-4,7,9H,5-6H2,1-2H3,(H2,13,16)(H,14,15). The SMILES string of the molecule is Cc1ccnc(NC2CC(C)C2)c1C(N)=S. The maximum Gasteiger partial charge on any atom is 0.136 e. The fourth-order valence-electron chi connectivity index (χ4n) is 2.19. The minimum atomic E-state index is 0.417. The molecule has 1 aliphatic rings. The zero-order valence-corrected chi connectivity index (χ0v) is 10.5. The average Bonchev–Trinajstić information content (AvgIpc) is 2.14. The Kier molecular flexibility index (Phi) is 3.10. The third-order valence-corrected chi connectivity index (χ3v) is 3.32. The molecule has 3 nitrogen and oxygen atoms in total.